The van der Waals surface area contributed by atoms with Gasteiger partial charge in [0.25, 0.3) is 0 Å². The lowest BCUT2D eigenvalue weighted by atomic mass is 10.4. The van der Waals surface area contributed by atoms with Gasteiger partial charge in [0.05, 0.1) is 5.02 Å². The fourth-order valence-corrected chi connectivity index (χ4v) is 2.98. The Morgan fingerprint density at radius 1 is 1.20 bits per heavy atom. The van der Waals surface area contributed by atoms with E-state index in [0.717, 1.165) is 28.6 Å². The van der Waals surface area contributed by atoms with E-state index in [1.54, 1.807) is 12.1 Å². The zero-order valence-electron chi connectivity index (χ0n) is 11.3. The second kappa shape index (κ2) is 7.16. The molecule has 0 aliphatic heterocycles. The molecule has 0 unspecified atom stereocenters. The number of nitrogens with one attached hydrogen (secondary N) is 1. The number of benzene rings is 1. The highest BCUT2D eigenvalue weighted by Gasteiger charge is 2.07. The van der Waals surface area contributed by atoms with Crippen LogP contribution in [0.3, 0.4) is 0 Å². The molecule has 1 heterocycles. The highest BCUT2D eigenvalue weighted by atomic mass is 35.5. The van der Waals surface area contributed by atoms with Crippen LogP contribution in [0.15, 0.2) is 34.2 Å². The average molecular weight is 328 g/mol. The van der Waals surface area contributed by atoms with Crippen molar-refractivity contribution < 1.29 is 0 Å². The van der Waals surface area contributed by atoms with Gasteiger partial charge in [-0.15, -0.1) is 0 Å². The number of rotatable bonds is 5. The maximum atomic E-state index is 6.17. The van der Waals surface area contributed by atoms with Crippen LogP contribution >= 0.6 is 35.0 Å². The first-order valence-corrected chi connectivity index (χ1v) is 7.88. The van der Waals surface area contributed by atoms with Gasteiger partial charge in [-0.3, -0.25) is 0 Å². The molecule has 0 amide bonds. The Labute approximate surface area is 133 Å². The number of aryl methyl sites for hydroxylation is 1. The molecule has 0 radical (unpaired) electrons. The minimum absolute atomic E-state index is 0.646. The number of hydrogen-bond donors (Lipinski definition) is 1. The lowest BCUT2D eigenvalue weighted by molar-refractivity contribution is 0.924. The molecule has 0 saturated carbocycles. The summed E-state index contributed by atoms with van der Waals surface area (Å²) in [7, 11) is 0. The molecule has 1 aromatic heterocycles. The third-order valence-corrected chi connectivity index (χ3v) is 4.12. The van der Waals surface area contributed by atoms with Gasteiger partial charge < -0.3 is 5.32 Å². The van der Waals surface area contributed by atoms with E-state index in [2.05, 4.69) is 22.2 Å². The Morgan fingerprint density at radius 2 is 2.00 bits per heavy atom. The van der Waals surface area contributed by atoms with E-state index in [4.69, 9.17) is 23.2 Å². The van der Waals surface area contributed by atoms with Crippen molar-refractivity contribution in [1.82, 2.24) is 9.97 Å². The van der Waals surface area contributed by atoms with E-state index < -0.39 is 0 Å². The second-order valence-electron chi connectivity index (χ2n) is 4.27. The first-order chi connectivity index (χ1) is 9.58. The molecule has 0 saturated heterocycles. The van der Waals surface area contributed by atoms with Crippen LogP contribution in [0.1, 0.15) is 19.0 Å². The summed E-state index contributed by atoms with van der Waals surface area (Å²) in [5, 5.41) is 5.36. The fraction of sp³-hybridized carbons (Fsp3) is 0.286. The van der Waals surface area contributed by atoms with Crippen molar-refractivity contribution >= 4 is 40.9 Å². The average Bonchev–Trinajstić information content (AvgIpc) is 2.40. The zero-order chi connectivity index (χ0) is 14.5. The lowest BCUT2D eigenvalue weighted by Crippen LogP contribution is -2.05. The van der Waals surface area contributed by atoms with E-state index in [9.17, 15) is 0 Å². The summed E-state index contributed by atoms with van der Waals surface area (Å²) in [6, 6.07) is 7.33. The molecule has 1 N–H and O–H groups in total. The van der Waals surface area contributed by atoms with Gasteiger partial charge in [-0.25, -0.2) is 9.97 Å². The van der Waals surface area contributed by atoms with Gasteiger partial charge >= 0.3 is 0 Å². The van der Waals surface area contributed by atoms with Crippen molar-refractivity contribution in [3.05, 3.63) is 40.0 Å². The van der Waals surface area contributed by atoms with E-state index in [1.807, 2.05) is 19.1 Å². The number of anilines is 1. The Balaban J connectivity index is 2.24. The summed E-state index contributed by atoms with van der Waals surface area (Å²) >= 11 is 13.7. The van der Waals surface area contributed by atoms with Crippen LogP contribution in [-0.2, 0) is 0 Å². The summed E-state index contributed by atoms with van der Waals surface area (Å²) in [6.07, 6.45) is 1.03. The van der Waals surface area contributed by atoms with Crippen molar-refractivity contribution in [2.24, 2.45) is 0 Å². The monoisotopic (exact) mass is 327 g/mol. The molecule has 0 atom stereocenters. The molecule has 0 spiro atoms. The van der Waals surface area contributed by atoms with Crippen molar-refractivity contribution in [1.29, 1.82) is 0 Å². The predicted molar refractivity (Wildman–Crippen MR) is 86.1 cm³/mol. The topological polar surface area (TPSA) is 37.8 Å². The van der Waals surface area contributed by atoms with Gasteiger partial charge in [-0.1, -0.05) is 41.9 Å². The molecular formula is C14H15Cl2N3S. The van der Waals surface area contributed by atoms with Gasteiger partial charge in [0.15, 0.2) is 0 Å². The zero-order valence-corrected chi connectivity index (χ0v) is 13.6. The van der Waals surface area contributed by atoms with Crippen LogP contribution in [0.4, 0.5) is 5.95 Å². The molecule has 0 fully saturated rings. The van der Waals surface area contributed by atoms with Gasteiger partial charge in [0.1, 0.15) is 5.03 Å². The van der Waals surface area contributed by atoms with Crippen LogP contribution in [0.25, 0.3) is 0 Å². The Kier molecular flexibility index (Phi) is 5.52. The quantitative estimate of drug-likeness (QED) is 0.778. The molecule has 0 aliphatic carbocycles. The third kappa shape index (κ3) is 4.27. The van der Waals surface area contributed by atoms with Gasteiger partial charge in [-0.05, 0) is 37.6 Å². The summed E-state index contributed by atoms with van der Waals surface area (Å²) in [5.74, 6) is 0.646. The van der Waals surface area contributed by atoms with Gasteiger partial charge in [0.2, 0.25) is 5.95 Å². The van der Waals surface area contributed by atoms with Crippen molar-refractivity contribution in [2.45, 2.75) is 30.2 Å². The van der Waals surface area contributed by atoms with Crippen LogP contribution < -0.4 is 5.32 Å². The summed E-state index contributed by atoms with van der Waals surface area (Å²) in [5.41, 5.74) is 0.916. The highest BCUT2D eigenvalue weighted by Crippen LogP contribution is 2.34. The van der Waals surface area contributed by atoms with Gasteiger partial charge in [-0.2, -0.15) is 0 Å². The normalized spacial score (nSPS) is 10.6. The fourth-order valence-electron chi connectivity index (χ4n) is 1.58. The maximum absolute atomic E-state index is 6.17. The van der Waals surface area contributed by atoms with Crippen molar-refractivity contribution in [2.75, 3.05) is 11.9 Å². The Morgan fingerprint density at radius 3 is 2.75 bits per heavy atom. The van der Waals surface area contributed by atoms with E-state index in [1.165, 1.54) is 11.8 Å². The van der Waals surface area contributed by atoms with E-state index in [-0.39, 0.29) is 0 Å². The highest BCUT2D eigenvalue weighted by molar-refractivity contribution is 7.99. The molecule has 106 valence electrons. The van der Waals surface area contributed by atoms with Crippen LogP contribution in [0.2, 0.25) is 10.0 Å². The molecule has 20 heavy (non-hydrogen) atoms. The first kappa shape index (κ1) is 15.4. The SMILES string of the molecule is CCCNc1nc(C)cc(Sc2cc(Cl)ccc2Cl)n1. The molecule has 1 aromatic carbocycles. The largest absolute Gasteiger partial charge is 0.354 e. The molecule has 2 rings (SSSR count). The standard InChI is InChI=1S/C14H15Cl2N3S/c1-3-6-17-14-18-9(2)7-13(19-14)20-12-8-10(15)4-5-11(12)16/h4-5,7-8H,3,6H2,1-2H3,(H,17,18,19). The lowest BCUT2D eigenvalue weighted by Gasteiger charge is -2.08. The number of hydrogen-bond acceptors (Lipinski definition) is 4. The van der Waals surface area contributed by atoms with Crippen LogP contribution in [-0.4, -0.2) is 16.5 Å². The molecular weight excluding hydrogens is 313 g/mol. The van der Waals surface area contributed by atoms with Crippen LogP contribution in [0, 0.1) is 6.92 Å². The summed E-state index contributed by atoms with van der Waals surface area (Å²) in [4.78, 5) is 9.72. The minimum atomic E-state index is 0.646. The molecule has 3 nitrogen and oxygen atoms in total. The molecule has 2 aromatic rings. The molecule has 0 bridgehead atoms. The molecule has 6 heteroatoms. The summed E-state index contributed by atoms with van der Waals surface area (Å²) in [6.45, 7) is 4.90. The van der Waals surface area contributed by atoms with Crippen molar-refractivity contribution in [3.8, 4) is 0 Å². The number of nitrogens with zero attached hydrogens (tertiary/aromatic N) is 2. The second-order valence-corrected chi connectivity index (χ2v) is 6.18. The van der Waals surface area contributed by atoms with E-state index >= 15 is 0 Å². The van der Waals surface area contributed by atoms with Crippen molar-refractivity contribution in [3.63, 3.8) is 0 Å². The smallest absolute Gasteiger partial charge is 0.223 e. The summed E-state index contributed by atoms with van der Waals surface area (Å²) < 4.78 is 0. The number of aromatic nitrogens is 2. The van der Waals surface area contributed by atoms with E-state index in [0.29, 0.717) is 16.0 Å². The first-order valence-electron chi connectivity index (χ1n) is 6.31. The Bertz CT molecular complexity index is 605. The third-order valence-electron chi connectivity index (χ3n) is 2.47. The Hall–Kier alpha value is -0.970. The minimum Gasteiger partial charge on any atom is -0.354 e. The maximum Gasteiger partial charge on any atom is 0.223 e. The van der Waals surface area contributed by atoms with Gasteiger partial charge in [0, 0.05) is 22.2 Å². The molecule has 0 aliphatic rings. The van der Waals surface area contributed by atoms with Crippen LogP contribution in [0.5, 0.6) is 0 Å². The number of halogens is 2. The predicted octanol–water partition coefficient (Wildman–Crippen LogP) is 5.06.